The molecule has 0 aliphatic heterocycles. The van der Waals surface area contributed by atoms with Crippen LogP contribution in [0.4, 0.5) is 10.1 Å². The van der Waals surface area contributed by atoms with Crippen LogP contribution in [0.3, 0.4) is 0 Å². The van der Waals surface area contributed by atoms with E-state index in [4.69, 9.17) is 0 Å². The largest absolute Gasteiger partial charge is 0.332 e. The molecule has 6 heteroatoms. The normalized spacial score (nSPS) is 11.7. The molecule has 0 radical (unpaired) electrons. The van der Waals surface area contributed by atoms with Gasteiger partial charge in [0.2, 0.25) is 5.91 Å². The number of anilines is 1. The van der Waals surface area contributed by atoms with Crippen LogP contribution < -0.4 is 10.2 Å². The van der Waals surface area contributed by atoms with E-state index in [2.05, 4.69) is 5.32 Å². The van der Waals surface area contributed by atoms with E-state index in [1.54, 1.807) is 13.1 Å². The number of carbonyl (C=O) groups is 2. The van der Waals surface area contributed by atoms with Crippen LogP contribution in [-0.2, 0) is 16.1 Å². The van der Waals surface area contributed by atoms with E-state index in [1.807, 2.05) is 45.2 Å². The fourth-order valence-corrected chi connectivity index (χ4v) is 2.95. The van der Waals surface area contributed by atoms with E-state index >= 15 is 0 Å². The second-order valence-corrected chi connectivity index (χ2v) is 7.01. The van der Waals surface area contributed by atoms with E-state index in [1.165, 1.54) is 17.0 Å². The van der Waals surface area contributed by atoms with E-state index in [0.717, 1.165) is 27.3 Å². The number of benzene rings is 2. The van der Waals surface area contributed by atoms with Crippen LogP contribution in [0.2, 0.25) is 0 Å². The minimum Gasteiger partial charge on any atom is -0.332 e. The Bertz CT molecular complexity index is 803. The molecule has 5 nitrogen and oxygen atoms in total. The second-order valence-electron chi connectivity index (χ2n) is 7.01. The zero-order valence-corrected chi connectivity index (χ0v) is 16.3. The maximum atomic E-state index is 13.3. The molecule has 1 atom stereocenters. The predicted molar refractivity (Wildman–Crippen MR) is 104 cm³/mol. The Morgan fingerprint density at radius 2 is 1.74 bits per heavy atom. The first-order chi connectivity index (χ1) is 12.8. The molecule has 0 heterocycles. The van der Waals surface area contributed by atoms with Crippen LogP contribution in [0.25, 0.3) is 0 Å². The third kappa shape index (κ3) is 6.18. The number of aryl methyl sites for hydroxylation is 2. The van der Waals surface area contributed by atoms with Gasteiger partial charge in [-0.25, -0.2) is 4.39 Å². The molecule has 2 aromatic carbocycles. The Morgan fingerprint density at radius 3 is 2.37 bits per heavy atom. The Kier molecular flexibility index (Phi) is 7.07. The van der Waals surface area contributed by atoms with E-state index in [0.29, 0.717) is 6.54 Å². The third-order valence-corrected chi connectivity index (χ3v) is 4.40. The highest BCUT2D eigenvalue weighted by molar-refractivity contribution is 5.95. The molecule has 0 aliphatic rings. The van der Waals surface area contributed by atoms with Crippen LogP contribution in [0.5, 0.6) is 0 Å². The van der Waals surface area contributed by atoms with Crippen molar-refractivity contribution in [3.63, 3.8) is 0 Å². The number of para-hydroxylation sites is 1. The minimum atomic E-state index is -0.285. The van der Waals surface area contributed by atoms with Gasteiger partial charge in [0.05, 0.1) is 13.6 Å². The van der Waals surface area contributed by atoms with Crippen LogP contribution in [0.1, 0.15) is 16.7 Å². The molecule has 27 heavy (non-hydrogen) atoms. The van der Waals surface area contributed by atoms with Crippen molar-refractivity contribution in [2.45, 2.75) is 20.4 Å². The molecule has 0 spiro atoms. The monoisotopic (exact) mass is 372 g/mol. The first-order valence-corrected chi connectivity index (χ1v) is 8.92. The molecular weight excluding hydrogens is 345 g/mol. The van der Waals surface area contributed by atoms with Gasteiger partial charge in [-0.3, -0.25) is 9.59 Å². The van der Waals surface area contributed by atoms with Crippen molar-refractivity contribution in [1.29, 1.82) is 0 Å². The number of halogens is 1. The molecule has 0 fully saturated rings. The summed E-state index contributed by atoms with van der Waals surface area (Å²) in [5.41, 5.74) is 3.58. The van der Waals surface area contributed by atoms with Crippen molar-refractivity contribution in [1.82, 2.24) is 4.90 Å². The number of carbonyl (C=O) groups excluding carboxylic acids is 2. The van der Waals surface area contributed by atoms with Gasteiger partial charge >= 0.3 is 0 Å². The van der Waals surface area contributed by atoms with Crippen molar-refractivity contribution >= 4 is 17.5 Å². The molecule has 2 N–H and O–H groups in total. The Labute approximate surface area is 159 Å². The summed E-state index contributed by atoms with van der Waals surface area (Å²) in [7, 11) is 3.48. The highest BCUT2D eigenvalue weighted by Crippen LogP contribution is 2.19. The third-order valence-electron chi connectivity index (χ3n) is 4.40. The molecular formula is C21H27FN3O2+. The van der Waals surface area contributed by atoms with Crippen molar-refractivity contribution < 1.29 is 18.9 Å². The Hall–Kier alpha value is -2.73. The molecule has 144 valence electrons. The highest BCUT2D eigenvalue weighted by Gasteiger charge is 2.18. The van der Waals surface area contributed by atoms with E-state index in [9.17, 15) is 14.0 Å². The first kappa shape index (κ1) is 20.6. The smallest absolute Gasteiger partial charge is 0.277 e. The van der Waals surface area contributed by atoms with Crippen LogP contribution >= 0.6 is 0 Å². The lowest BCUT2D eigenvalue weighted by molar-refractivity contribution is -0.885. The maximum absolute atomic E-state index is 13.3. The standard InChI is InChI=1S/C21H26FN3O2/c1-15-7-5-8-16(2)21(15)23-19(26)13-25(4)20(27)14-24(3)12-17-9-6-10-18(22)11-17/h5-11H,12-14H2,1-4H3,(H,23,26)/p+1. The van der Waals surface area contributed by atoms with E-state index < -0.39 is 0 Å². The topological polar surface area (TPSA) is 53.9 Å². The molecule has 2 aromatic rings. The molecule has 1 unspecified atom stereocenters. The molecule has 0 bridgehead atoms. The summed E-state index contributed by atoms with van der Waals surface area (Å²) < 4.78 is 13.3. The number of amides is 2. The number of nitrogens with one attached hydrogen (secondary N) is 2. The predicted octanol–water partition coefficient (Wildman–Crippen LogP) is 1.55. The van der Waals surface area contributed by atoms with Crippen molar-refractivity contribution in [3.05, 3.63) is 65.0 Å². The number of quaternary nitrogens is 1. The summed E-state index contributed by atoms with van der Waals surface area (Å²) >= 11 is 0. The lowest BCUT2D eigenvalue weighted by Gasteiger charge is -2.20. The second kappa shape index (κ2) is 9.28. The fourth-order valence-electron chi connectivity index (χ4n) is 2.95. The van der Waals surface area contributed by atoms with Gasteiger partial charge in [-0.2, -0.15) is 0 Å². The summed E-state index contributed by atoms with van der Waals surface area (Å²) in [5, 5.41) is 2.88. The van der Waals surface area contributed by atoms with Crippen LogP contribution in [0, 0.1) is 19.7 Å². The molecule has 0 saturated heterocycles. The average molecular weight is 372 g/mol. The quantitative estimate of drug-likeness (QED) is 0.775. The fraction of sp³-hybridized carbons (Fsp3) is 0.333. The Balaban J connectivity index is 1.86. The van der Waals surface area contributed by atoms with Gasteiger partial charge in [0.25, 0.3) is 5.91 Å². The van der Waals surface area contributed by atoms with Gasteiger partial charge in [0.15, 0.2) is 6.54 Å². The summed E-state index contributed by atoms with van der Waals surface area (Å²) in [6.07, 6.45) is 0. The lowest BCUT2D eigenvalue weighted by Crippen LogP contribution is -3.08. The van der Waals surface area contributed by atoms with Crippen LogP contribution in [-0.4, -0.2) is 43.9 Å². The molecule has 0 aromatic heterocycles. The van der Waals surface area contributed by atoms with Gasteiger partial charge in [-0.15, -0.1) is 0 Å². The zero-order valence-electron chi connectivity index (χ0n) is 16.3. The number of hydrogen-bond acceptors (Lipinski definition) is 2. The summed E-state index contributed by atoms with van der Waals surface area (Å²) in [6.45, 7) is 4.61. The van der Waals surface area contributed by atoms with Gasteiger partial charge in [-0.1, -0.05) is 30.3 Å². The van der Waals surface area contributed by atoms with Gasteiger partial charge < -0.3 is 15.1 Å². The highest BCUT2D eigenvalue weighted by atomic mass is 19.1. The number of rotatable bonds is 7. The average Bonchev–Trinajstić information content (AvgIpc) is 2.58. The van der Waals surface area contributed by atoms with E-state index in [-0.39, 0.29) is 30.7 Å². The number of nitrogens with zero attached hydrogens (tertiary/aromatic N) is 1. The minimum absolute atomic E-state index is 0.0140. The van der Waals surface area contributed by atoms with Gasteiger partial charge in [0, 0.05) is 18.3 Å². The van der Waals surface area contributed by atoms with Gasteiger partial charge in [0.1, 0.15) is 12.4 Å². The van der Waals surface area contributed by atoms with Crippen LogP contribution in [0.15, 0.2) is 42.5 Å². The number of likely N-dealkylation sites (N-methyl/N-ethyl adjacent to an activating group) is 2. The van der Waals surface area contributed by atoms with Crippen molar-refractivity contribution in [3.8, 4) is 0 Å². The summed E-state index contributed by atoms with van der Waals surface area (Å²) in [6, 6.07) is 12.2. The molecule has 2 rings (SSSR count). The zero-order chi connectivity index (χ0) is 20.0. The molecule has 0 saturated carbocycles. The lowest BCUT2D eigenvalue weighted by atomic mass is 10.1. The van der Waals surface area contributed by atoms with Crippen molar-refractivity contribution in [2.24, 2.45) is 0 Å². The molecule has 0 aliphatic carbocycles. The Morgan fingerprint density at radius 1 is 1.11 bits per heavy atom. The maximum Gasteiger partial charge on any atom is 0.277 e. The SMILES string of the molecule is Cc1cccc(C)c1NC(=O)CN(C)C(=O)C[NH+](C)Cc1cccc(F)c1. The first-order valence-electron chi connectivity index (χ1n) is 8.92. The van der Waals surface area contributed by atoms with Gasteiger partial charge in [-0.05, 0) is 37.1 Å². The molecule has 2 amide bonds. The van der Waals surface area contributed by atoms with Crippen molar-refractivity contribution in [2.75, 3.05) is 32.5 Å². The number of hydrogen-bond donors (Lipinski definition) is 2. The summed E-state index contributed by atoms with van der Waals surface area (Å²) in [4.78, 5) is 27.0. The summed E-state index contributed by atoms with van der Waals surface area (Å²) in [5.74, 6) is -0.654.